The van der Waals surface area contributed by atoms with Gasteiger partial charge in [-0.2, -0.15) is 8.78 Å². The van der Waals surface area contributed by atoms with Gasteiger partial charge < -0.3 is 18.7 Å². The maximum atomic E-state index is 15.2. The first-order valence-corrected chi connectivity index (χ1v) is 13.6. The van der Waals surface area contributed by atoms with Gasteiger partial charge in [-0.25, -0.2) is 8.78 Å². The fourth-order valence-corrected chi connectivity index (χ4v) is 5.52. The lowest BCUT2D eigenvalue weighted by Gasteiger charge is -2.48. The average molecular weight is 626 g/mol. The number of amides is 2. The summed E-state index contributed by atoms with van der Waals surface area (Å²) in [6, 6.07) is 10.4. The van der Waals surface area contributed by atoms with Gasteiger partial charge in [-0.15, -0.1) is 10.2 Å². The number of carbonyl (C=O) groups is 2. The third-order valence-corrected chi connectivity index (χ3v) is 8.36. The van der Waals surface area contributed by atoms with E-state index in [9.17, 15) is 18.4 Å². The second-order valence-electron chi connectivity index (χ2n) is 10.6. The van der Waals surface area contributed by atoms with Crippen LogP contribution in [0.5, 0.6) is 0 Å². The second kappa shape index (κ2) is 10.2. The lowest BCUT2D eigenvalue weighted by Crippen LogP contribution is -2.59. The van der Waals surface area contributed by atoms with Crippen molar-refractivity contribution in [1.82, 2.24) is 25.2 Å². The monoisotopic (exact) mass is 625 g/mol. The molecule has 2 aromatic carbocycles. The zero-order valence-corrected chi connectivity index (χ0v) is 23.1. The van der Waals surface area contributed by atoms with Crippen LogP contribution in [0.25, 0.3) is 11.0 Å². The summed E-state index contributed by atoms with van der Waals surface area (Å²) in [5, 5.41) is 12.2. The third-order valence-electron chi connectivity index (χ3n) is 7.62. The van der Waals surface area contributed by atoms with Crippen LogP contribution in [0.3, 0.4) is 0 Å². The van der Waals surface area contributed by atoms with Crippen LogP contribution in [0.4, 0.5) is 17.6 Å². The van der Waals surface area contributed by atoms with Crippen molar-refractivity contribution in [2.45, 2.75) is 30.6 Å². The summed E-state index contributed by atoms with van der Waals surface area (Å²) < 4.78 is 63.5. The molecule has 2 amide bonds. The molecule has 1 atom stereocenters. The Hall–Kier alpha value is -3.71. The largest absolute Gasteiger partial charge is 0.419 e. The van der Waals surface area contributed by atoms with E-state index in [0.29, 0.717) is 30.5 Å². The van der Waals surface area contributed by atoms with E-state index in [-0.39, 0.29) is 53.5 Å². The van der Waals surface area contributed by atoms with Crippen LogP contribution in [0.15, 0.2) is 51.4 Å². The minimum Gasteiger partial charge on any atom is -0.419 e. The molecule has 3 fully saturated rings. The van der Waals surface area contributed by atoms with E-state index in [1.165, 1.54) is 11.0 Å². The Labute approximate surface area is 245 Å². The Balaban J connectivity index is 0.000000573. The van der Waals surface area contributed by atoms with Gasteiger partial charge in [0.2, 0.25) is 18.2 Å². The molecule has 1 aliphatic carbocycles. The van der Waals surface area contributed by atoms with Crippen molar-refractivity contribution in [1.29, 1.82) is 0 Å². The van der Waals surface area contributed by atoms with Crippen molar-refractivity contribution >= 4 is 46.5 Å². The summed E-state index contributed by atoms with van der Waals surface area (Å²) >= 11 is 11.8. The van der Waals surface area contributed by atoms with Crippen LogP contribution in [-0.4, -0.2) is 69.6 Å². The lowest BCUT2D eigenvalue weighted by atomic mass is 9.72. The number of aromatic nitrogens is 3. The highest BCUT2D eigenvalue weighted by Crippen LogP contribution is 2.49. The molecule has 1 saturated carbocycles. The summed E-state index contributed by atoms with van der Waals surface area (Å²) in [4.78, 5) is 27.8. The van der Waals surface area contributed by atoms with Crippen molar-refractivity contribution in [2.75, 3.05) is 26.2 Å². The van der Waals surface area contributed by atoms with Crippen LogP contribution in [0.1, 0.15) is 46.6 Å². The molecule has 7 rings (SSSR count). The topological polar surface area (TPSA) is 106 Å². The number of carbonyl (C=O) groups excluding carboxylic acids is 2. The Morgan fingerprint density at radius 3 is 2.43 bits per heavy atom. The van der Waals surface area contributed by atoms with Crippen molar-refractivity contribution < 1.29 is 36.1 Å². The zero-order chi connectivity index (χ0) is 29.9. The molecule has 0 bridgehead atoms. The van der Waals surface area contributed by atoms with Crippen LogP contribution in [0, 0.1) is 5.41 Å². The van der Waals surface area contributed by atoms with E-state index in [0.717, 1.165) is 12.1 Å². The number of alkyl halides is 4. The predicted octanol–water partition coefficient (Wildman–Crippen LogP) is 5.77. The van der Waals surface area contributed by atoms with Gasteiger partial charge in [-0.1, -0.05) is 46.6 Å². The molecule has 0 N–H and O–H groups in total. The molecule has 4 heterocycles. The molecule has 1 spiro atoms. The third kappa shape index (κ3) is 5.08. The van der Waals surface area contributed by atoms with Gasteiger partial charge in [0, 0.05) is 50.0 Å². The van der Waals surface area contributed by atoms with Gasteiger partial charge in [-0.3, -0.25) is 9.59 Å². The van der Waals surface area contributed by atoms with Crippen LogP contribution in [-0.2, 0) is 10.7 Å². The van der Waals surface area contributed by atoms with Crippen molar-refractivity contribution in [3.05, 3.63) is 75.5 Å². The fraction of sp³-hybridized carbons (Fsp3) is 0.370. The first-order valence-electron chi connectivity index (χ1n) is 12.8. The lowest BCUT2D eigenvalue weighted by molar-refractivity contribution is -0.129. The summed E-state index contributed by atoms with van der Waals surface area (Å²) in [6.07, 6.45) is 0.940. The van der Waals surface area contributed by atoms with Gasteiger partial charge in [0.25, 0.3) is 11.8 Å². The number of para-hydroxylation sites is 1. The number of hydrogen-bond donors (Lipinski definition) is 0. The van der Waals surface area contributed by atoms with Crippen LogP contribution < -0.4 is 0 Å². The normalized spacial score (nSPS) is 20.3. The average Bonchev–Trinajstić information content (AvgIpc) is 3.37. The molecule has 2 aromatic heterocycles. The van der Waals surface area contributed by atoms with Crippen molar-refractivity contribution in [3.8, 4) is 0 Å². The minimum atomic E-state index is -3.63. The van der Waals surface area contributed by atoms with Gasteiger partial charge >= 0.3 is 5.92 Å². The maximum Gasteiger partial charge on any atom is 0.349 e. The minimum absolute atomic E-state index is 0.0358. The van der Waals surface area contributed by atoms with Crippen molar-refractivity contribution in [3.63, 3.8) is 0 Å². The summed E-state index contributed by atoms with van der Waals surface area (Å²) in [5.41, 5.74) is -0.462. The Morgan fingerprint density at radius 1 is 1.05 bits per heavy atom. The molecular weight excluding hydrogens is 605 g/mol. The highest BCUT2D eigenvalue weighted by molar-refractivity contribution is 6.42. The van der Waals surface area contributed by atoms with E-state index >= 15 is 8.78 Å². The SMILES string of the molecule is FC1(F)CC1.O=CN1CC2(C1)CN(C(=O)c1noc3ccccc13)CC2c1nnc(C(F)(F)c2ccc(Cl)c(Cl)c2)o1. The molecule has 220 valence electrons. The van der Waals surface area contributed by atoms with Gasteiger partial charge in [0.1, 0.15) is 0 Å². The highest BCUT2D eigenvalue weighted by Gasteiger charge is 2.58. The van der Waals surface area contributed by atoms with E-state index < -0.39 is 34.6 Å². The molecule has 1 unspecified atom stereocenters. The fourth-order valence-electron chi connectivity index (χ4n) is 5.22. The first kappa shape index (κ1) is 28.4. The summed E-state index contributed by atoms with van der Waals surface area (Å²) in [6.45, 7) is 0.992. The molecule has 9 nitrogen and oxygen atoms in total. The van der Waals surface area contributed by atoms with Gasteiger partial charge in [0.05, 0.1) is 21.3 Å². The molecule has 2 aliphatic heterocycles. The number of halogens is 6. The molecule has 4 aromatic rings. The number of hydrogen-bond acceptors (Lipinski definition) is 7. The van der Waals surface area contributed by atoms with E-state index in [4.69, 9.17) is 32.1 Å². The Kier molecular flexibility index (Phi) is 6.92. The Bertz CT molecular complexity index is 1670. The number of benzene rings is 2. The standard InChI is InChI=1S/C24H17Cl2F2N5O4.C3H4F2/c25-16-6-5-13(7-17(16)26)24(27,28)22-30-29-20(36-22)15-8-33(11-23(15)9-32(10-23)12-34)21(35)19-14-3-1-2-4-18(14)37-31-19;4-3(5)1-2-3/h1-7,12,15H,8-11H2;1-2H2. The quantitative estimate of drug-likeness (QED) is 0.205. The number of fused-ring (bicyclic) bond motifs is 1. The smallest absolute Gasteiger partial charge is 0.349 e. The molecule has 0 radical (unpaired) electrons. The zero-order valence-electron chi connectivity index (χ0n) is 21.6. The van der Waals surface area contributed by atoms with Gasteiger partial charge in [0.15, 0.2) is 11.3 Å². The Morgan fingerprint density at radius 2 is 1.76 bits per heavy atom. The van der Waals surface area contributed by atoms with E-state index in [1.54, 1.807) is 29.2 Å². The predicted molar refractivity (Wildman–Crippen MR) is 141 cm³/mol. The maximum absolute atomic E-state index is 15.2. The van der Waals surface area contributed by atoms with E-state index in [1.807, 2.05) is 0 Å². The number of likely N-dealkylation sites (tertiary alicyclic amines) is 2. The molecule has 3 aliphatic rings. The summed E-state index contributed by atoms with van der Waals surface area (Å²) in [5.74, 6) is -7.78. The van der Waals surface area contributed by atoms with Crippen LogP contribution >= 0.6 is 23.2 Å². The van der Waals surface area contributed by atoms with Gasteiger partial charge in [-0.05, 0) is 24.3 Å². The summed E-state index contributed by atoms with van der Waals surface area (Å²) in [7, 11) is 0. The van der Waals surface area contributed by atoms with Crippen LogP contribution in [0.2, 0.25) is 10.0 Å². The number of rotatable bonds is 5. The second-order valence-corrected chi connectivity index (χ2v) is 11.5. The van der Waals surface area contributed by atoms with E-state index in [2.05, 4.69) is 15.4 Å². The molecular formula is C27H21Cl2F4N5O4. The molecule has 2 saturated heterocycles. The molecule has 15 heteroatoms. The van der Waals surface area contributed by atoms with Crippen molar-refractivity contribution in [2.24, 2.45) is 5.41 Å². The highest BCUT2D eigenvalue weighted by atomic mass is 35.5. The first-order chi connectivity index (χ1) is 19.9. The molecule has 42 heavy (non-hydrogen) atoms. The number of nitrogens with zero attached hydrogens (tertiary/aromatic N) is 5.